The van der Waals surface area contributed by atoms with Gasteiger partial charge in [-0.15, -0.1) is 0 Å². The van der Waals surface area contributed by atoms with Gasteiger partial charge in [0.25, 0.3) is 0 Å². The van der Waals surface area contributed by atoms with Gasteiger partial charge in [0.05, 0.1) is 0 Å². The Morgan fingerprint density at radius 2 is 1.32 bits per heavy atom. The summed E-state index contributed by atoms with van der Waals surface area (Å²) in [6.07, 6.45) is 0. The van der Waals surface area contributed by atoms with E-state index < -0.39 is 8.60 Å². The van der Waals surface area contributed by atoms with Crippen molar-refractivity contribution in [1.29, 1.82) is 0 Å². The Bertz CT molecular complexity index is 1120. The third-order valence-corrected chi connectivity index (χ3v) is 7.10. The van der Waals surface area contributed by atoms with Crippen molar-refractivity contribution < 1.29 is 13.9 Å². The molecule has 2 unspecified atom stereocenters. The van der Waals surface area contributed by atoms with Crippen molar-refractivity contribution in [3.05, 3.63) is 94.0 Å². The van der Waals surface area contributed by atoms with Crippen LogP contribution in [0.25, 0.3) is 0 Å². The molecule has 0 aliphatic rings. The minimum absolute atomic E-state index is 0.0287. The molecule has 1 N–H and O–H groups in total. The molecule has 3 aromatic carbocycles. The quantitative estimate of drug-likeness (QED) is 0.360. The van der Waals surface area contributed by atoms with Crippen LogP contribution in [0.5, 0.6) is 11.5 Å². The normalized spacial score (nSPS) is 13.9. The highest BCUT2D eigenvalue weighted by atomic mass is 31.2. The van der Waals surface area contributed by atoms with Crippen molar-refractivity contribution >= 4 is 8.60 Å². The predicted molar refractivity (Wildman–Crippen MR) is 144 cm³/mol. The van der Waals surface area contributed by atoms with Gasteiger partial charge in [0.2, 0.25) is 0 Å². The van der Waals surface area contributed by atoms with E-state index in [4.69, 9.17) is 9.05 Å². The van der Waals surface area contributed by atoms with Gasteiger partial charge in [-0.3, -0.25) is 0 Å². The van der Waals surface area contributed by atoms with Crippen molar-refractivity contribution in [3.63, 3.8) is 0 Å². The summed E-state index contributed by atoms with van der Waals surface area (Å²) >= 11 is 0. The number of hydrogen-bond acceptors (Lipinski definition) is 3. The molecule has 0 saturated carbocycles. The molecule has 0 spiro atoms. The Morgan fingerprint density at radius 3 is 1.91 bits per heavy atom. The van der Waals surface area contributed by atoms with E-state index >= 15 is 0 Å². The summed E-state index contributed by atoms with van der Waals surface area (Å²) in [5.41, 5.74) is 6.74. The maximum Gasteiger partial charge on any atom is 0.460 e. The first-order valence-corrected chi connectivity index (χ1v) is 13.1. The summed E-state index contributed by atoms with van der Waals surface area (Å²) in [6.45, 7) is 19.4. The van der Waals surface area contributed by atoms with Crippen LogP contribution in [0.3, 0.4) is 0 Å². The first-order chi connectivity index (χ1) is 15.8. The second kappa shape index (κ2) is 10.1. The average Bonchev–Trinajstić information content (AvgIpc) is 2.75. The van der Waals surface area contributed by atoms with Crippen LogP contribution in [0.15, 0.2) is 60.7 Å². The van der Waals surface area contributed by atoms with Gasteiger partial charge in [-0.2, -0.15) is 0 Å². The van der Waals surface area contributed by atoms with Gasteiger partial charge >= 0.3 is 8.60 Å². The molecule has 0 saturated heterocycles. The van der Waals surface area contributed by atoms with Gasteiger partial charge < -0.3 is 13.9 Å². The van der Waals surface area contributed by atoms with Crippen molar-refractivity contribution in [2.24, 2.45) is 0 Å². The average molecular weight is 479 g/mol. The van der Waals surface area contributed by atoms with Crippen LogP contribution in [0.4, 0.5) is 0 Å². The zero-order valence-corrected chi connectivity index (χ0v) is 23.0. The maximum atomic E-state index is 10.9. The lowest BCUT2D eigenvalue weighted by Crippen LogP contribution is -2.17. The van der Waals surface area contributed by atoms with E-state index in [0.29, 0.717) is 11.5 Å². The van der Waals surface area contributed by atoms with Crippen LogP contribution in [-0.4, -0.2) is 4.89 Å². The molecular formula is C30H39O3P. The number of hydrogen-bond donors (Lipinski definition) is 1. The molecule has 182 valence electrons. The minimum Gasteiger partial charge on any atom is -0.418 e. The fourth-order valence-electron chi connectivity index (χ4n) is 4.00. The summed E-state index contributed by atoms with van der Waals surface area (Å²) in [5, 5.41) is 0. The molecule has 2 atom stereocenters. The second-order valence-electron chi connectivity index (χ2n) is 11.2. The Hall–Kier alpha value is -2.35. The summed E-state index contributed by atoms with van der Waals surface area (Å²) in [7, 11) is -2.17. The van der Waals surface area contributed by atoms with E-state index in [1.165, 1.54) is 16.7 Å². The Morgan fingerprint density at radius 1 is 0.735 bits per heavy atom. The van der Waals surface area contributed by atoms with E-state index in [1.54, 1.807) is 0 Å². The van der Waals surface area contributed by atoms with Crippen LogP contribution in [0.2, 0.25) is 0 Å². The Kier molecular flexibility index (Phi) is 7.80. The van der Waals surface area contributed by atoms with Crippen molar-refractivity contribution in [1.82, 2.24) is 0 Å². The molecule has 0 amide bonds. The highest BCUT2D eigenvalue weighted by Crippen LogP contribution is 2.45. The van der Waals surface area contributed by atoms with Crippen molar-refractivity contribution in [2.45, 2.75) is 79.1 Å². The molecule has 3 rings (SSSR count). The number of benzene rings is 3. The van der Waals surface area contributed by atoms with Gasteiger partial charge in [0.1, 0.15) is 11.5 Å². The van der Waals surface area contributed by atoms with Crippen LogP contribution in [-0.2, 0) is 10.8 Å². The SMILES string of the molecule is Cc1cc(OP(O)Oc2ccc(C(C)(C)C)cc2C(C)(C)C)c(C(C)c2ccccc2)cc1C. The zero-order chi connectivity index (χ0) is 25.3. The largest absolute Gasteiger partial charge is 0.460 e. The molecule has 0 bridgehead atoms. The van der Waals surface area contributed by atoms with Crippen LogP contribution in [0, 0.1) is 13.8 Å². The topological polar surface area (TPSA) is 38.7 Å². The monoisotopic (exact) mass is 478 g/mol. The third kappa shape index (κ3) is 6.20. The molecule has 3 aromatic rings. The minimum atomic E-state index is -2.17. The lowest BCUT2D eigenvalue weighted by Gasteiger charge is -2.28. The molecule has 0 fully saturated rings. The van der Waals surface area contributed by atoms with E-state index in [9.17, 15) is 4.89 Å². The molecule has 0 aliphatic carbocycles. The smallest absolute Gasteiger partial charge is 0.418 e. The van der Waals surface area contributed by atoms with Gasteiger partial charge in [0, 0.05) is 17.0 Å². The molecule has 4 heteroatoms. The molecule has 3 nitrogen and oxygen atoms in total. The molecule has 0 aliphatic heterocycles. The van der Waals surface area contributed by atoms with Crippen molar-refractivity contribution in [3.8, 4) is 11.5 Å². The first kappa shape index (κ1) is 26.3. The lowest BCUT2D eigenvalue weighted by molar-refractivity contribution is 0.374. The summed E-state index contributed by atoms with van der Waals surface area (Å²) in [6, 6.07) is 20.7. The van der Waals surface area contributed by atoms with Gasteiger partial charge in [-0.05, 0) is 59.1 Å². The van der Waals surface area contributed by atoms with E-state index in [1.807, 2.05) is 30.3 Å². The highest BCUT2D eigenvalue weighted by molar-refractivity contribution is 7.41. The van der Waals surface area contributed by atoms with E-state index in [2.05, 4.69) is 92.6 Å². The van der Waals surface area contributed by atoms with Crippen LogP contribution in [0.1, 0.15) is 87.8 Å². The fourth-order valence-corrected chi connectivity index (χ4v) is 4.69. The summed E-state index contributed by atoms with van der Waals surface area (Å²) in [4.78, 5) is 10.9. The molecule has 0 heterocycles. The Balaban J connectivity index is 1.92. The van der Waals surface area contributed by atoms with Gasteiger partial charge in [-0.1, -0.05) is 97.0 Å². The van der Waals surface area contributed by atoms with Gasteiger partial charge in [0.15, 0.2) is 0 Å². The van der Waals surface area contributed by atoms with E-state index in [0.717, 1.165) is 16.7 Å². The summed E-state index contributed by atoms with van der Waals surface area (Å²) < 4.78 is 12.1. The van der Waals surface area contributed by atoms with Crippen LogP contribution < -0.4 is 9.05 Å². The molecular weight excluding hydrogens is 439 g/mol. The first-order valence-electron chi connectivity index (χ1n) is 11.9. The fraction of sp³-hybridized carbons (Fsp3) is 0.400. The second-order valence-corrected chi connectivity index (χ2v) is 12.1. The maximum absolute atomic E-state index is 10.9. The zero-order valence-electron chi connectivity index (χ0n) is 22.1. The molecule has 0 aromatic heterocycles. The van der Waals surface area contributed by atoms with Crippen LogP contribution >= 0.6 is 8.60 Å². The van der Waals surface area contributed by atoms with E-state index in [-0.39, 0.29) is 16.7 Å². The molecule has 34 heavy (non-hydrogen) atoms. The number of aryl methyl sites for hydroxylation is 2. The standard InChI is InChI=1S/C30H39O3P/c1-20-17-25(22(3)23-13-11-10-12-14-23)28(18-21(20)2)33-34(31)32-27-16-15-24(29(4,5)6)19-26(27)30(7,8)9/h10-19,22,31H,1-9H3. The summed E-state index contributed by atoms with van der Waals surface area (Å²) in [5.74, 6) is 1.45. The predicted octanol–water partition coefficient (Wildman–Crippen LogP) is 8.73. The Labute approximate surface area is 207 Å². The lowest BCUT2D eigenvalue weighted by atomic mass is 9.80. The van der Waals surface area contributed by atoms with Crippen molar-refractivity contribution in [2.75, 3.05) is 0 Å². The molecule has 0 radical (unpaired) electrons. The van der Waals surface area contributed by atoms with Gasteiger partial charge in [-0.25, -0.2) is 0 Å². The third-order valence-electron chi connectivity index (χ3n) is 6.40. The highest BCUT2D eigenvalue weighted by Gasteiger charge is 2.26. The number of rotatable bonds is 6.